The van der Waals surface area contributed by atoms with Gasteiger partial charge in [0.05, 0.1) is 6.04 Å². The summed E-state index contributed by atoms with van der Waals surface area (Å²) >= 11 is 0. The molecule has 0 spiro atoms. The lowest BCUT2D eigenvalue weighted by Gasteiger charge is -2.43. The molecule has 1 aliphatic rings. The van der Waals surface area contributed by atoms with E-state index >= 15 is 0 Å². The Balaban J connectivity index is 1.50. The molecular weight excluding hydrogens is 310 g/mol. The lowest BCUT2D eigenvalue weighted by Crippen LogP contribution is -2.43. The van der Waals surface area contributed by atoms with Crippen LogP contribution in [0, 0.1) is 5.41 Å². The van der Waals surface area contributed by atoms with E-state index in [1.54, 1.807) is 12.5 Å². The van der Waals surface area contributed by atoms with Gasteiger partial charge in [-0.2, -0.15) is 5.10 Å². The molecule has 1 fully saturated rings. The van der Waals surface area contributed by atoms with Gasteiger partial charge in [-0.1, -0.05) is 42.8 Å². The molecule has 2 N–H and O–H groups in total. The molecule has 2 heterocycles. The van der Waals surface area contributed by atoms with Crippen molar-refractivity contribution in [3.63, 3.8) is 0 Å². The second kappa shape index (κ2) is 7.15. The fraction of sp³-hybridized carbons (Fsp3) is 0.350. The summed E-state index contributed by atoms with van der Waals surface area (Å²) in [6.45, 7) is 0.960. The Labute approximate surface area is 147 Å². The molecular formula is C20H23N5. The van der Waals surface area contributed by atoms with Crippen molar-refractivity contribution in [3.05, 3.63) is 78.1 Å². The van der Waals surface area contributed by atoms with Crippen LogP contribution in [0.3, 0.4) is 0 Å². The van der Waals surface area contributed by atoms with Crippen LogP contribution >= 0.6 is 0 Å². The van der Waals surface area contributed by atoms with Crippen molar-refractivity contribution in [1.82, 2.24) is 25.5 Å². The van der Waals surface area contributed by atoms with Crippen LogP contribution in [0.1, 0.15) is 42.3 Å². The van der Waals surface area contributed by atoms with Crippen LogP contribution in [-0.2, 0) is 6.42 Å². The predicted octanol–water partition coefficient (Wildman–Crippen LogP) is 3.29. The largest absolute Gasteiger partial charge is 0.303 e. The van der Waals surface area contributed by atoms with Gasteiger partial charge < -0.3 is 5.32 Å². The number of benzene rings is 1. The van der Waals surface area contributed by atoms with E-state index in [-0.39, 0.29) is 6.04 Å². The zero-order valence-electron chi connectivity index (χ0n) is 14.2. The number of aromatic nitrogens is 4. The average molecular weight is 333 g/mol. The highest BCUT2D eigenvalue weighted by molar-refractivity contribution is 5.22. The van der Waals surface area contributed by atoms with E-state index in [1.807, 2.05) is 12.3 Å². The summed E-state index contributed by atoms with van der Waals surface area (Å²) in [7, 11) is 0. The first-order valence-corrected chi connectivity index (χ1v) is 8.87. The van der Waals surface area contributed by atoms with Crippen LogP contribution in [0.2, 0.25) is 0 Å². The number of rotatable bonds is 7. The third-order valence-corrected chi connectivity index (χ3v) is 5.24. The van der Waals surface area contributed by atoms with Crippen LogP contribution in [0.25, 0.3) is 0 Å². The van der Waals surface area contributed by atoms with E-state index in [2.05, 4.69) is 61.9 Å². The summed E-state index contributed by atoms with van der Waals surface area (Å²) in [5.74, 6) is 0.835. The molecule has 128 valence electrons. The van der Waals surface area contributed by atoms with Gasteiger partial charge in [0.15, 0.2) is 0 Å². The van der Waals surface area contributed by atoms with E-state index < -0.39 is 0 Å². The van der Waals surface area contributed by atoms with E-state index in [1.165, 1.54) is 24.8 Å². The molecule has 5 heteroatoms. The van der Waals surface area contributed by atoms with Gasteiger partial charge in [0.25, 0.3) is 0 Å². The number of H-pyrrole nitrogens is 1. The Morgan fingerprint density at radius 2 is 2.00 bits per heavy atom. The second-order valence-corrected chi connectivity index (χ2v) is 6.99. The summed E-state index contributed by atoms with van der Waals surface area (Å²) < 4.78 is 0. The van der Waals surface area contributed by atoms with Crippen molar-refractivity contribution in [3.8, 4) is 0 Å². The summed E-state index contributed by atoms with van der Waals surface area (Å²) in [5.41, 5.74) is 2.86. The molecule has 5 nitrogen and oxygen atoms in total. The molecule has 0 radical (unpaired) electrons. The van der Waals surface area contributed by atoms with E-state index in [4.69, 9.17) is 0 Å². The fourth-order valence-electron chi connectivity index (χ4n) is 3.71. The lowest BCUT2D eigenvalue weighted by atomic mass is 9.65. The molecule has 0 bridgehead atoms. The fourth-order valence-corrected chi connectivity index (χ4v) is 3.71. The first-order valence-electron chi connectivity index (χ1n) is 8.87. The molecule has 1 saturated carbocycles. The lowest BCUT2D eigenvalue weighted by molar-refractivity contribution is 0.126. The molecule has 3 aromatic rings. The van der Waals surface area contributed by atoms with Crippen molar-refractivity contribution >= 4 is 0 Å². The highest BCUT2D eigenvalue weighted by atomic mass is 15.2. The molecule has 4 rings (SSSR count). The van der Waals surface area contributed by atoms with Crippen LogP contribution < -0.4 is 5.32 Å². The van der Waals surface area contributed by atoms with Crippen LogP contribution in [0.4, 0.5) is 0 Å². The summed E-state index contributed by atoms with van der Waals surface area (Å²) in [5, 5.41) is 10.8. The number of aromatic amines is 1. The highest BCUT2D eigenvalue weighted by Crippen LogP contribution is 2.43. The molecule has 25 heavy (non-hydrogen) atoms. The van der Waals surface area contributed by atoms with Crippen LogP contribution in [0.5, 0.6) is 0 Å². The Morgan fingerprint density at radius 1 is 1.12 bits per heavy atom. The maximum Gasteiger partial charge on any atom is 0.146 e. The predicted molar refractivity (Wildman–Crippen MR) is 96.9 cm³/mol. The van der Waals surface area contributed by atoms with Gasteiger partial charge >= 0.3 is 0 Å². The van der Waals surface area contributed by atoms with Crippen LogP contribution in [-0.4, -0.2) is 26.7 Å². The average Bonchev–Trinajstić information content (AvgIpc) is 3.16. The normalized spacial score (nSPS) is 17.0. The SMILES string of the molecule is c1ccc(CC2(CNC(c3cccnc3)c3ncn[nH]3)CCC2)cc1. The van der Waals surface area contributed by atoms with Crippen molar-refractivity contribution in [2.75, 3.05) is 6.54 Å². The van der Waals surface area contributed by atoms with Crippen molar-refractivity contribution in [2.45, 2.75) is 31.7 Å². The van der Waals surface area contributed by atoms with Gasteiger partial charge in [-0.15, -0.1) is 0 Å². The smallest absolute Gasteiger partial charge is 0.146 e. The molecule has 2 aromatic heterocycles. The molecule has 1 aliphatic carbocycles. The minimum atomic E-state index is -0.00977. The Hall–Kier alpha value is -2.53. The quantitative estimate of drug-likeness (QED) is 0.696. The Kier molecular flexibility index (Phi) is 4.57. The third-order valence-electron chi connectivity index (χ3n) is 5.24. The number of hydrogen-bond acceptors (Lipinski definition) is 4. The minimum Gasteiger partial charge on any atom is -0.303 e. The summed E-state index contributed by atoms with van der Waals surface area (Å²) in [4.78, 5) is 8.62. The molecule has 1 atom stereocenters. The monoisotopic (exact) mass is 333 g/mol. The second-order valence-electron chi connectivity index (χ2n) is 6.99. The zero-order valence-corrected chi connectivity index (χ0v) is 14.2. The summed E-state index contributed by atoms with van der Waals surface area (Å²) in [6, 6.07) is 14.8. The third kappa shape index (κ3) is 3.61. The molecule has 0 saturated heterocycles. The van der Waals surface area contributed by atoms with Crippen molar-refractivity contribution in [1.29, 1.82) is 0 Å². The molecule has 1 unspecified atom stereocenters. The van der Waals surface area contributed by atoms with Gasteiger partial charge in [-0.3, -0.25) is 10.1 Å². The maximum absolute atomic E-state index is 4.36. The maximum atomic E-state index is 4.36. The topological polar surface area (TPSA) is 66.5 Å². The van der Waals surface area contributed by atoms with Gasteiger partial charge in [-0.25, -0.2) is 4.98 Å². The van der Waals surface area contributed by atoms with Gasteiger partial charge in [-0.05, 0) is 41.9 Å². The number of pyridine rings is 1. The summed E-state index contributed by atoms with van der Waals surface area (Å²) in [6.07, 6.45) is 10.2. The van der Waals surface area contributed by atoms with Crippen molar-refractivity contribution in [2.24, 2.45) is 5.41 Å². The zero-order chi connectivity index (χ0) is 17.0. The minimum absolute atomic E-state index is 0.00977. The van der Waals surface area contributed by atoms with Gasteiger partial charge in [0, 0.05) is 18.9 Å². The Morgan fingerprint density at radius 3 is 2.64 bits per heavy atom. The van der Waals surface area contributed by atoms with Crippen LogP contribution in [0.15, 0.2) is 61.2 Å². The standard InChI is InChI=1S/C20H23N5/c1-2-6-16(7-3-1)12-20(9-5-10-20)14-22-18(19-23-15-24-25-19)17-8-4-11-21-13-17/h1-4,6-8,11,13,15,18,22H,5,9-10,12,14H2,(H,23,24,25). The number of hydrogen-bond donors (Lipinski definition) is 2. The number of nitrogens with one attached hydrogen (secondary N) is 2. The van der Waals surface area contributed by atoms with Crippen molar-refractivity contribution < 1.29 is 0 Å². The molecule has 0 aliphatic heterocycles. The van der Waals surface area contributed by atoms with Gasteiger partial charge in [0.1, 0.15) is 12.2 Å². The first-order chi connectivity index (χ1) is 12.3. The van der Waals surface area contributed by atoms with E-state index in [9.17, 15) is 0 Å². The molecule has 0 amide bonds. The highest BCUT2D eigenvalue weighted by Gasteiger charge is 2.37. The number of nitrogens with zero attached hydrogens (tertiary/aromatic N) is 3. The van der Waals surface area contributed by atoms with E-state index in [0.717, 1.165) is 24.4 Å². The Bertz CT molecular complexity index is 766. The van der Waals surface area contributed by atoms with E-state index in [0.29, 0.717) is 5.41 Å². The first kappa shape index (κ1) is 16.0. The molecule has 1 aromatic carbocycles. The van der Waals surface area contributed by atoms with Gasteiger partial charge in [0.2, 0.25) is 0 Å².